The molecule has 1 N–H and O–H groups in total. The van der Waals surface area contributed by atoms with E-state index in [0.29, 0.717) is 12.8 Å². The van der Waals surface area contributed by atoms with Gasteiger partial charge in [-0.3, -0.25) is 0 Å². The van der Waals surface area contributed by atoms with Gasteiger partial charge < -0.3 is 5.11 Å². The van der Waals surface area contributed by atoms with Crippen molar-refractivity contribution in [2.75, 3.05) is 6.61 Å². The maximum Gasteiger partial charge on any atom is 0.0702 e. The molecule has 0 aromatic carbocycles. The topological polar surface area (TPSA) is 20.2 Å². The Morgan fingerprint density at radius 2 is 1.24 bits per heavy atom. The highest BCUT2D eigenvalue weighted by atomic mass is 16.2. The normalized spacial score (nSPS) is 8.12. The summed E-state index contributed by atoms with van der Waals surface area (Å²) in [6.45, 7) is 2.41. The van der Waals surface area contributed by atoms with Crippen LogP contribution in [-0.4, -0.2) is 11.7 Å². The highest BCUT2D eigenvalue weighted by Crippen LogP contribution is 1.96. The third-order valence-electron chi connectivity index (χ3n) is 2.09. The zero-order chi connectivity index (χ0) is 12.6. The van der Waals surface area contributed by atoms with Gasteiger partial charge in [-0.2, -0.15) is 0 Å². The number of unbranched alkanes of at least 4 members (excludes halogenated alkanes) is 4. The van der Waals surface area contributed by atoms with Gasteiger partial charge in [-0.15, -0.1) is 11.8 Å². The Kier molecular flexibility index (Phi) is 13.5. The van der Waals surface area contributed by atoms with Crippen molar-refractivity contribution in [3.05, 3.63) is 0 Å². The average Bonchev–Trinajstić information content (AvgIpc) is 2.35. The van der Waals surface area contributed by atoms with E-state index < -0.39 is 0 Å². The average molecular weight is 230 g/mol. The Morgan fingerprint density at radius 1 is 0.706 bits per heavy atom. The molecule has 92 valence electrons. The minimum atomic E-state index is 0.216. The van der Waals surface area contributed by atoms with Crippen LogP contribution in [0.4, 0.5) is 0 Å². The van der Waals surface area contributed by atoms with Crippen LogP contribution >= 0.6 is 0 Å². The zero-order valence-corrected chi connectivity index (χ0v) is 10.8. The summed E-state index contributed by atoms with van der Waals surface area (Å²) in [7, 11) is 0. The summed E-state index contributed by atoms with van der Waals surface area (Å²) in [6.07, 6.45) is 7.50. The molecule has 1 nitrogen and oxygen atoms in total. The molecule has 0 unspecified atom stereocenters. The van der Waals surface area contributed by atoms with Crippen LogP contribution in [0.2, 0.25) is 0 Å². The molecule has 0 aromatic rings. The number of hydrogen-bond acceptors (Lipinski definition) is 1. The van der Waals surface area contributed by atoms with Crippen molar-refractivity contribution in [1.82, 2.24) is 0 Å². The lowest BCUT2D eigenvalue weighted by Crippen LogP contribution is -1.78. The first-order valence-corrected chi connectivity index (χ1v) is 6.39. The summed E-state index contributed by atoms with van der Waals surface area (Å²) < 4.78 is 0. The predicted octanol–water partition coefficient (Wildman–Crippen LogP) is 3.13. The molecule has 0 bridgehead atoms. The summed E-state index contributed by atoms with van der Waals surface area (Å²) in [5.74, 6) is 18.1. The molecule has 0 heterocycles. The quantitative estimate of drug-likeness (QED) is 0.568. The largest absolute Gasteiger partial charge is 0.396 e. The summed E-state index contributed by atoms with van der Waals surface area (Å²) in [5.41, 5.74) is 0. The molecule has 0 spiro atoms. The van der Waals surface area contributed by atoms with Gasteiger partial charge in [0.25, 0.3) is 0 Å². The van der Waals surface area contributed by atoms with Gasteiger partial charge in [-0.05, 0) is 12.8 Å². The minimum absolute atomic E-state index is 0.216. The molecular formula is C16H22O. The van der Waals surface area contributed by atoms with Gasteiger partial charge in [0.15, 0.2) is 0 Å². The molecular weight excluding hydrogens is 208 g/mol. The molecule has 0 rings (SSSR count). The smallest absolute Gasteiger partial charge is 0.0702 e. The second kappa shape index (κ2) is 14.6. The van der Waals surface area contributed by atoms with Crippen LogP contribution in [0.1, 0.15) is 58.3 Å². The van der Waals surface area contributed by atoms with Gasteiger partial charge in [0.05, 0.1) is 12.8 Å². The van der Waals surface area contributed by atoms with Crippen molar-refractivity contribution in [2.24, 2.45) is 0 Å². The van der Waals surface area contributed by atoms with Gasteiger partial charge in [-0.1, -0.05) is 43.4 Å². The number of aliphatic hydroxyl groups is 1. The Morgan fingerprint density at radius 3 is 1.76 bits per heavy atom. The van der Waals surface area contributed by atoms with E-state index in [2.05, 4.69) is 42.4 Å². The molecule has 0 saturated carbocycles. The SMILES string of the molecule is CCCCCC#CCC#CCC#CCCCO. The van der Waals surface area contributed by atoms with Crippen molar-refractivity contribution in [3.8, 4) is 35.5 Å². The Labute approximate surface area is 106 Å². The van der Waals surface area contributed by atoms with Crippen molar-refractivity contribution in [1.29, 1.82) is 0 Å². The van der Waals surface area contributed by atoms with E-state index in [0.717, 1.165) is 19.3 Å². The Hall–Kier alpha value is -1.36. The lowest BCUT2D eigenvalue weighted by atomic mass is 10.2. The van der Waals surface area contributed by atoms with E-state index in [4.69, 9.17) is 5.11 Å². The fourth-order valence-electron chi connectivity index (χ4n) is 1.15. The maximum absolute atomic E-state index is 8.53. The molecule has 1 heteroatoms. The van der Waals surface area contributed by atoms with Crippen LogP contribution in [0, 0.1) is 35.5 Å². The number of hydrogen-bond donors (Lipinski definition) is 1. The summed E-state index contributed by atoms with van der Waals surface area (Å²) >= 11 is 0. The van der Waals surface area contributed by atoms with Gasteiger partial charge in [0.1, 0.15) is 0 Å². The van der Waals surface area contributed by atoms with Crippen LogP contribution in [-0.2, 0) is 0 Å². The summed E-state index contributed by atoms with van der Waals surface area (Å²) in [4.78, 5) is 0. The van der Waals surface area contributed by atoms with Crippen molar-refractivity contribution >= 4 is 0 Å². The molecule has 0 amide bonds. The first kappa shape index (κ1) is 15.6. The zero-order valence-electron chi connectivity index (χ0n) is 10.8. The minimum Gasteiger partial charge on any atom is -0.396 e. The van der Waals surface area contributed by atoms with Crippen molar-refractivity contribution < 1.29 is 5.11 Å². The third kappa shape index (κ3) is 14.6. The lowest BCUT2D eigenvalue weighted by molar-refractivity contribution is 0.290. The first-order valence-electron chi connectivity index (χ1n) is 6.39. The van der Waals surface area contributed by atoms with Crippen LogP contribution in [0.5, 0.6) is 0 Å². The second-order valence-corrected chi connectivity index (χ2v) is 3.70. The second-order valence-electron chi connectivity index (χ2n) is 3.70. The van der Waals surface area contributed by atoms with Crippen molar-refractivity contribution in [3.63, 3.8) is 0 Å². The summed E-state index contributed by atoms with van der Waals surface area (Å²) in [5, 5.41) is 8.53. The van der Waals surface area contributed by atoms with E-state index >= 15 is 0 Å². The van der Waals surface area contributed by atoms with Gasteiger partial charge in [0, 0.05) is 19.4 Å². The highest BCUT2D eigenvalue weighted by Gasteiger charge is 1.79. The van der Waals surface area contributed by atoms with Gasteiger partial charge in [-0.25, -0.2) is 0 Å². The summed E-state index contributed by atoms with van der Waals surface area (Å²) in [6, 6.07) is 0. The number of rotatable bonds is 5. The van der Waals surface area contributed by atoms with E-state index in [-0.39, 0.29) is 6.61 Å². The molecule has 0 atom stereocenters. The Bertz CT molecular complexity index is 335. The van der Waals surface area contributed by atoms with Crippen LogP contribution in [0.3, 0.4) is 0 Å². The Balaban J connectivity index is 3.43. The van der Waals surface area contributed by atoms with E-state index in [9.17, 15) is 0 Å². The third-order valence-corrected chi connectivity index (χ3v) is 2.09. The monoisotopic (exact) mass is 230 g/mol. The lowest BCUT2D eigenvalue weighted by Gasteiger charge is -1.87. The van der Waals surface area contributed by atoms with E-state index in [1.807, 2.05) is 0 Å². The highest BCUT2D eigenvalue weighted by molar-refractivity contribution is 5.16. The van der Waals surface area contributed by atoms with Crippen LogP contribution in [0.25, 0.3) is 0 Å². The van der Waals surface area contributed by atoms with Crippen molar-refractivity contribution in [2.45, 2.75) is 58.3 Å². The molecule has 0 aliphatic rings. The van der Waals surface area contributed by atoms with Gasteiger partial charge >= 0.3 is 0 Å². The number of aliphatic hydroxyl groups excluding tert-OH is 1. The van der Waals surface area contributed by atoms with Crippen LogP contribution in [0.15, 0.2) is 0 Å². The molecule has 0 radical (unpaired) electrons. The molecule has 0 saturated heterocycles. The standard InChI is InChI=1S/C16H22O/c1-2-3-4-5-6-7-8-9-10-11-12-13-14-15-16-17/h17H,2-5,8,11,14-16H2,1H3. The van der Waals surface area contributed by atoms with Gasteiger partial charge in [0.2, 0.25) is 0 Å². The first-order chi connectivity index (χ1) is 8.41. The predicted molar refractivity (Wildman–Crippen MR) is 73.0 cm³/mol. The van der Waals surface area contributed by atoms with Crippen LogP contribution < -0.4 is 0 Å². The molecule has 0 aliphatic heterocycles. The fraction of sp³-hybridized carbons (Fsp3) is 0.625. The van der Waals surface area contributed by atoms with E-state index in [1.165, 1.54) is 19.3 Å². The molecule has 17 heavy (non-hydrogen) atoms. The maximum atomic E-state index is 8.53. The molecule has 0 aromatic heterocycles. The fourth-order valence-corrected chi connectivity index (χ4v) is 1.15. The molecule has 0 fully saturated rings. The molecule has 0 aliphatic carbocycles. The van der Waals surface area contributed by atoms with E-state index in [1.54, 1.807) is 0 Å².